The Morgan fingerprint density at radius 2 is 1.64 bits per heavy atom. The van der Waals surface area contributed by atoms with E-state index in [2.05, 4.69) is 76.5 Å². The monoisotopic (exact) mass is 611 g/mol. The SMILES string of the molecule is CCc1c(C(=O)N2CCOc3ccc(-c4ccc(N5CCN(Cc6ccccc6)CC5)cc4)cc3C2)ccc(P(C)O)c1F. The third-order valence-corrected chi connectivity index (χ3v) is 9.71. The number of rotatable bonds is 7. The summed E-state index contributed by atoms with van der Waals surface area (Å²) in [6, 6.07) is 28.7. The molecule has 44 heavy (non-hydrogen) atoms. The first-order valence-corrected chi connectivity index (χ1v) is 17.1. The molecule has 1 N–H and O–H groups in total. The van der Waals surface area contributed by atoms with Crippen molar-refractivity contribution in [3.8, 4) is 16.9 Å². The fourth-order valence-electron chi connectivity index (χ4n) is 6.19. The molecule has 1 amide bonds. The minimum Gasteiger partial charge on any atom is -0.491 e. The normalized spacial score (nSPS) is 16.2. The maximum atomic E-state index is 15.2. The molecular formula is C36H39FN3O3P. The number of piperazine rings is 1. The van der Waals surface area contributed by atoms with Gasteiger partial charge in [0.25, 0.3) is 5.91 Å². The minimum atomic E-state index is -1.59. The molecule has 0 aromatic heterocycles. The number of carbonyl (C=O) groups is 1. The molecule has 6 rings (SSSR count). The molecule has 1 unspecified atom stereocenters. The molecule has 1 fully saturated rings. The first kappa shape index (κ1) is 30.3. The molecule has 0 radical (unpaired) electrons. The average Bonchev–Trinajstić information content (AvgIpc) is 3.27. The van der Waals surface area contributed by atoms with Gasteiger partial charge in [0.2, 0.25) is 0 Å². The molecule has 4 aromatic rings. The Morgan fingerprint density at radius 3 is 2.34 bits per heavy atom. The van der Waals surface area contributed by atoms with Crippen molar-refractivity contribution in [1.29, 1.82) is 0 Å². The molecule has 0 spiro atoms. The fourth-order valence-corrected chi connectivity index (χ4v) is 6.90. The number of anilines is 1. The van der Waals surface area contributed by atoms with Crippen LogP contribution in [0.4, 0.5) is 10.1 Å². The molecule has 0 aliphatic carbocycles. The first-order valence-electron chi connectivity index (χ1n) is 15.3. The summed E-state index contributed by atoms with van der Waals surface area (Å²) in [5, 5.41) is 0.277. The first-order chi connectivity index (χ1) is 21.4. The molecule has 0 bridgehead atoms. The Labute approximate surface area is 260 Å². The topological polar surface area (TPSA) is 56.2 Å². The number of halogens is 1. The summed E-state index contributed by atoms with van der Waals surface area (Å²) in [7, 11) is -1.59. The second-order valence-corrected chi connectivity index (χ2v) is 13.0. The van der Waals surface area contributed by atoms with Crippen LogP contribution < -0.4 is 14.9 Å². The van der Waals surface area contributed by atoms with Gasteiger partial charge in [-0.3, -0.25) is 9.69 Å². The molecule has 0 saturated carbocycles. The third-order valence-electron chi connectivity index (χ3n) is 8.67. The summed E-state index contributed by atoms with van der Waals surface area (Å²) in [5.74, 6) is 0.0738. The lowest BCUT2D eigenvalue weighted by Crippen LogP contribution is -2.45. The molecule has 1 saturated heterocycles. The van der Waals surface area contributed by atoms with Crippen LogP contribution in [-0.2, 0) is 19.5 Å². The van der Waals surface area contributed by atoms with E-state index in [0.717, 1.165) is 55.2 Å². The summed E-state index contributed by atoms with van der Waals surface area (Å²) in [5.41, 5.74) is 6.38. The summed E-state index contributed by atoms with van der Waals surface area (Å²) in [6.07, 6.45) is 0.369. The van der Waals surface area contributed by atoms with Crippen LogP contribution in [0.15, 0.2) is 84.9 Å². The van der Waals surface area contributed by atoms with Crippen LogP contribution in [0.5, 0.6) is 5.75 Å². The molecule has 1 atom stereocenters. The van der Waals surface area contributed by atoms with E-state index in [4.69, 9.17) is 4.74 Å². The number of nitrogens with zero attached hydrogens (tertiary/aromatic N) is 3. The van der Waals surface area contributed by atoms with Gasteiger partial charge in [-0.2, -0.15) is 0 Å². The zero-order valence-corrected chi connectivity index (χ0v) is 26.3. The lowest BCUT2D eigenvalue weighted by Gasteiger charge is -2.36. The highest BCUT2D eigenvalue weighted by Crippen LogP contribution is 2.32. The predicted molar refractivity (Wildman–Crippen MR) is 177 cm³/mol. The van der Waals surface area contributed by atoms with Gasteiger partial charge in [-0.15, -0.1) is 0 Å². The van der Waals surface area contributed by atoms with Gasteiger partial charge in [-0.05, 0) is 66.2 Å². The van der Waals surface area contributed by atoms with Crippen molar-refractivity contribution in [2.45, 2.75) is 26.4 Å². The van der Waals surface area contributed by atoms with Crippen LogP contribution in [0, 0.1) is 5.82 Å². The number of carbonyl (C=O) groups excluding carboxylic acids is 1. The van der Waals surface area contributed by atoms with Gasteiger partial charge in [-0.25, -0.2) is 4.39 Å². The highest BCUT2D eigenvalue weighted by atomic mass is 31.1. The molecule has 228 valence electrons. The van der Waals surface area contributed by atoms with E-state index in [1.54, 1.807) is 23.7 Å². The smallest absolute Gasteiger partial charge is 0.254 e. The average molecular weight is 612 g/mol. The Kier molecular flexibility index (Phi) is 9.27. The summed E-state index contributed by atoms with van der Waals surface area (Å²) in [4.78, 5) is 30.4. The summed E-state index contributed by atoms with van der Waals surface area (Å²) >= 11 is 0. The minimum absolute atomic E-state index is 0.222. The summed E-state index contributed by atoms with van der Waals surface area (Å²) in [6.45, 7) is 9.63. The Hall–Kier alpha value is -3.77. The Morgan fingerprint density at radius 1 is 0.909 bits per heavy atom. The standard InChI is InChI=1S/C36H39FN3O3P/c1-3-31-32(14-16-34(35(31)37)44(2)42)36(41)40-21-22-43-33-15-11-28(23-29(33)25-40)27-9-12-30(13-10-27)39-19-17-38(18-20-39)24-26-7-5-4-6-8-26/h4-16,23,42H,3,17-22,24-25H2,1-2H3. The number of benzene rings is 4. The van der Waals surface area contributed by atoms with Crippen molar-refractivity contribution < 1.29 is 18.8 Å². The second-order valence-electron chi connectivity index (χ2n) is 11.5. The zero-order chi connectivity index (χ0) is 30.6. The molecule has 2 heterocycles. The molecule has 2 aliphatic rings. The van der Waals surface area contributed by atoms with Gasteiger partial charge in [0, 0.05) is 67.0 Å². The number of ether oxygens (including phenoxy) is 1. The van der Waals surface area contributed by atoms with Gasteiger partial charge in [0.05, 0.1) is 14.7 Å². The quantitative estimate of drug-likeness (QED) is 0.258. The van der Waals surface area contributed by atoms with Gasteiger partial charge >= 0.3 is 0 Å². The second kappa shape index (κ2) is 13.5. The van der Waals surface area contributed by atoms with E-state index in [-0.39, 0.29) is 11.2 Å². The van der Waals surface area contributed by atoms with E-state index in [1.165, 1.54) is 11.3 Å². The van der Waals surface area contributed by atoms with Gasteiger partial charge < -0.3 is 19.4 Å². The highest BCUT2D eigenvalue weighted by molar-refractivity contribution is 7.59. The molecule has 6 nitrogen and oxygen atoms in total. The van der Waals surface area contributed by atoms with Crippen LogP contribution >= 0.6 is 8.15 Å². The van der Waals surface area contributed by atoms with Crippen LogP contribution in [0.3, 0.4) is 0 Å². The highest BCUT2D eigenvalue weighted by Gasteiger charge is 2.26. The van der Waals surface area contributed by atoms with Gasteiger partial charge in [-0.1, -0.05) is 55.5 Å². The van der Waals surface area contributed by atoms with E-state index in [9.17, 15) is 9.69 Å². The van der Waals surface area contributed by atoms with E-state index < -0.39 is 14.0 Å². The molecular weight excluding hydrogens is 572 g/mol. The van der Waals surface area contributed by atoms with Crippen molar-refractivity contribution in [1.82, 2.24) is 9.80 Å². The van der Waals surface area contributed by atoms with Crippen molar-refractivity contribution >= 4 is 25.0 Å². The maximum absolute atomic E-state index is 15.2. The lowest BCUT2D eigenvalue weighted by atomic mass is 10.0. The van der Waals surface area contributed by atoms with E-state index in [0.29, 0.717) is 37.2 Å². The maximum Gasteiger partial charge on any atom is 0.254 e. The number of fused-ring (bicyclic) bond motifs is 1. The van der Waals surface area contributed by atoms with Crippen LogP contribution in [0.25, 0.3) is 11.1 Å². The largest absolute Gasteiger partial charge is 0.491 e. The summed E-state index contributed by atoms with van der Waals surface area (Å²) < 4.78 is 21.2. The number of hydrogen-bond acceptors (Lipinski definition) is 5. The Bertz CT molecular complexity index is 1610. The van der Waals surface area contributed by atoms with Crippen molar-refractivity contribution in [3.05, 3.63) is 113 Å². The van der Waals surface area contributed by atoms with Crippen molar-refractivity contribution in [2.24, 2.45) is 0 Å². The predicted octanol–water partition coefficient (Wildman–Crippen LogP) is 6.06. The van der Waals surface area contributed by atoms with Crippen LogP contribution in [-0.4, -0.2) is 66.6 Å². The number of hydrogen-bond donors (Lipinski definition) is 1. The van der Waals surface area contributed by atoms with Crippen LogP contribution in [0.1, 0.15) is 34.0 Å². The molecule has 4 aromatic carbocycles. The van der Waals surface area contributed by atoms with Crippen LogP contribution in [0.2, 0.25) is 0 Å². The Balaban J connectivity index is 1.14. The van der Waals surface area contributed by atoms with E-state index >= 15 is 4.39 Å². The fraction of sp³-hybridized carbons (Fsp3) is 0.306. The molecule has 8 heteroatoms. The van der Waals surface area contributed by atoms with Crippen molar-refractivity contribution in [3.63, 3.8) is 0 Å². The number of amides is 1. The molecule has 2 aliphatic heterocycles. The van der Waals surface area contributed by atoms with Crippen molar-refractivity contribution in [2.75, 3.05) is 50.9 Å². The lowest BCUT2D eigenvalue weighted by molar-refractivity contribution is 0.0731. The third kappa shape index (κ3) is 6.51. The van der Waals surface area contributed by atoms with Gasteiger partial charge in [0.1, 0.15) is 18.2 Å². The zero-order valence-electron chi connectivity index (χ0n) is 25.4. The van der Waals surface area contributed by atoms with Gasteiger partial charge in [0.15, 0.2) is 0 Å². The van der Waals surface area contributed by atoms with E-state index in [1.807, 2.05) is 13.0 Å².